The van der Waals surface area contributed by atoms with E-state index in [1.165, 1.54) is 5.56 Å². The summed E-state index contributed by atoms with van der Waals surface area (Å²) in [6, 6.07) is 8.31. The Morgan fingerprint density at radius 1 is 1.10 bits per heavy atom. The fraction of sp³-hybridized carbons (Fsp3) is 0.467. The van der Waals surface area contributed by atoms with Crippen LogP contribution >= 0.6 is 23.4 Å². The second kappa shape index (κ2) is 6.64. The molecule has 0 radical (unpaired) electrons. The third kappa shape index (κ3) is 3.55. The van der Waals surface area contributed by atoms with Crippen LogP contribution in [0.5, 0.6) is 0 Å². The van der Waals surface area contributed by atoms with E-state index in [1.54, 1.807) is 11.8 Å². The van der Waals surface area contributed by atoms with E-state index in [4.69, 9.17) is 11.6 Å². The maximum Gasteiger partial charge on any atom is 0.191 e. The Morgan fingerprint density at radius 2 is 1.75 bits per heavy atom. The number of rotatable bonds is 5. The molecule has 0 aliphatic rings. The number of benzene rings is 1. The molecule has 1 aromatic heterocycles. The van der Waals surface area contributed by atoms with Crippen LogP contribution < -0.4 is 0 Å². The van der Waals surface area contributed by atoms with Crippen LogP contribution in [0.4, 0.5) is 0 Å². The minimum absolute atomic E-state index is 0.370. The Hall–Kier alpha value is -1.00. The first-order chi connectivity index (χ1) is 9.49. The zero-order valence-electron chi connectivity index (χ0n) is 12.3. The van der Waals surface area contributed by atoms with E-state index >= 15 is 0 Å². The van der Waals surface area contributed by atoms with Gasteiger partial charge in [0.05, 0.1) is 0 Å². The summed E-state index contributed by atoms with van der Waals surface area (Å²) in [7, 11) is 0. The number of aromatic nitrogens is 3. The van der Waals surface area contributed by atoms with E-state index in [-0.39, 0.29) is 0 Å². The molecule has 0 amide bonds. The van der Waals surface area contributed by atoms with Gasteiger partial charge in [-0.15, -0.1) is 10.2 Å². The summed E-state index contributed by atoms with van der Waals surface area (Å²) in [5.41, 5.74) is 1.24. The van der Waals surface area contributed by atoms with Crippen LogP contribution in [0.15, 0.2) is 29.4 Å². The summed E-state index contributed by atoms with van der Waals surface area (Å²) in [6.07, 6.45) is 0. The van der Waals surface area contributed by atoms with Gasteiger partial charge in [-0.2, -0.15) is 0 Å². The topological polar surface area (TPSA) is 30.7 Å². The molecule has 108 valence electrons. The smallest absolute Gasteiger partial charge is 0.191 e. The Morgan fingerprint density at radius 3 is 2.30 bits per heavy atom. The monoisotopic (exact) mass is 309 g/mol. The molecule has 2 rings (SSSR count). The predicted octanol–water partition coefficient (Wildman–Crippen LogP) is 4.93. The molecule has 0 bridgehead atoms. The van der Waals surface area contributed by atoms with Gasteiger partial charge in [-0.05, 0) is 31.5 Å². The summed E-state index contributed by atoms with van der Waals surface area (Å²) >= 11 is 7.62. The lowest BCUT2D eigenvalue weighted by molar-refractivity contribution is 0.512. The van der Waals surface area contributed by atoms with Crippen LogP contribution in [0.25, 0.3) is 0 Å². The van der Waals surface area contributed by atoms with Crippen molar-refractivity contribution in [2.75, 3.05) is 0 Å². The maximum atomic E-state index is 5.90. The van der Waals surface area contributed by atoms with E-state index in [1.807, 2.05) is 12.1 Å². The normalized spacial score (nSPS) is 11.6. The lowest BCUT2D eigenvalue weighted by atomic mass is 10.2. The van der Waals surface area contributed by atoms with Gasteiger partial charge in [-0.1, -0.05) is 49.3 Å². The van der Waals surface area contributed by atoms with Gasteiger partial charge in [-0.3, -0.25) is 0 Å². The average molecular weight is 310 g/mol. The third-order valence-electron chi connectivity index (χ3n) is 3.00. The van der Waals surface area contributed by atoms with Gasteiger partial charge in [0.15, 0.2) is 5.16 Å². The molecule has 0 N–H and O–H groups in total. The Labute approximate surface area is 129 Å². The van der Waals surface area contributed by atoms with Crippen LogP contribution in [0, 0.1) is 0 Å². The largest absolute Gasteiger partial charge is 0.303 e. The number of hydrogen-bond donors (Lipinski definition) is 0. The van der Waals surface area contributed by atoms with Crippen molar-refractivity contribution < 1.29 is 0 Å². The minimum Gasteiger partial charge on any atom is -0.303 e. The molecule has 1 aromatic carbocycles. The first-order valence-corrected chi connectivity index (χ1v) is 8.17. The summed E-state index contributed by atoms with van der Waals surface area (Å²) < 4.78 is 2.23. The number of thioether (sulfide) groups is 1. The standard InChI is InChI=1S/C15H20ClN3S/c1-10(2)14-17-18-15(19(14)11(3)4)20-9-12-5-7-13(16)8-6-12/h5-8,10-11H,9H2,1-4H3. The summed E-state index contributed by atoms with van der Waals surface area (Å²) in [5, 5.41) is 10.4. The summed E-state index contributed by atoms with van der Waals surface area (Å²) in [5.74, 6) is 2.31. The zero-order valence-corrected chi connectivity index (χ0v) is 13.9. The molecule has 0 aliphatic heterocycles. The average Bonchev–Trinajstić information content (AvgIpc) is 2.82. The number of halogens is 1. The second-order valence-corrected chi connectivity index (χ2v) is 6.75. The molecule has 2 aromatic rings. The van der Waals surface area contributed by atoms with Gasteiger partial charge in [-0.25, -0.2) is 0 Å². The van der Waals surface area contributed by atoms with Crippen molar-refractivity contribution in [2.45, 2.75) is 50.6 Å². The molecule has 1 heterocycles. The molecule has 0 unspecified atom stereocenters. The van der Waals surface area contributed by atoms with Crippen LogP contribution in [-0.4, -0.2) is 14.8 Å². The molecule has 0 saturated carbocycles. The number of hydrogen-bond acceptors (Lipinski definition) is 3. The van der Waals surface area contributed by atoms with Crippen molar-refractivity contribution in [3.05, 3.63) is 40.7 Å². The van der Waals surface area contributed by atoms with Crippen molar-refractivity contribution in [2.24, 2.45) is 0 Å². The molecule has 0 fully saturated rings. The summed E-state index contributed by atoms with van der Waals surface area (Å²) in [4.78, 5) is 0. The van der Waals surface area contributed by atoms with Gasteiger partial charge < -0.3 is 4.57 Å². The van der Waals surface area contributed by atoms with E-state index in [0.29, 0.717) is 12.0 Å². The molecule has 0 aliphatic carbocycles. The highest BCUT2D eigenvalue weighted by Gasteiger charge is 2.17. The molecule has 0 saturated heterocycles. The Bertz CT molecular complexity index is 561. The van der Waals surface area contributed by atoms with Gasteiger partial charge >= 0.3 is 0 Å². The van der Waals surface area contributed by atoms with Crippen LogP contribution in [0.1, 0.15) is 51.0 Å². The Kier molecular flexibility index (Phi) is 5.11. The minimum atomic E-state index is 0.370. The van der Waals surface area contributed by atoms with E-state index in [9.17, 15) is 0 Å². The van der Waals surface area contributed by atoms with Crippen LogP contribution in [0.2, 0.25) is 5.02 Å². The first kappa shape index (κ1) is 15.4. The van der Waals surface area contributed by atoms with Crippen molar-refractivity contribution in [1.29, 1.82) is 0 Å². The zero-order chi connectivity index (χ0) is 14.7. The van der Waals surface area contributed by atoms with E-state index in [2.05, 4.69) is 54.6 Å². The van der Waals surface area contributed by atoms with Crippen molar-refractivity contribution in [3.8, 4) is 0 Å². The highest BCUT2D eigenvalue weighted by atomic mass is 35.5. The SMILES string of the molecule is CC(C)c1nnc(SCc2ccc(Cl)cc2)n1C(C)C. The van der Waals surface area contributed by atoms with Gasteiger partial charge in [0.2, 0.25) is 0 Å². The molecule has 0 atom stereocenters. The fourth-order valence-electron chi connectivity index (χ4n) is 1.99. The lowest BCUT2D eigenvalue weighted by Crippen LogP contribution is -2.09. The number of nitrogens with zero attached hydrogens (tertiary/aromatic N) is 3. The molecule has 0 spiro atoms. The lowest BCUT2D eigenvalue weighted by Gasteiger charge is -2.15. The van der Waals surface area contributed by atoms with Crippen molar-refractivity contribution >= 4 is 23.4 Å². The van der Waals surface area contributed by atoms with Gasteiger partial charge in [0.1, 0.15) is 5.82 Å². The molecule has 20 heavy (non-hydrogen) atoms. The highest BCUT2D eigenvalue weighted by Crippen LogP contribution is 2.27. The predicted molar refractivity (Wildman–Crippen MR) is 85.5 cm³/mol. The first-order valence-electron chi connectivity index (χ1n) is 6.81. The molecular weight excluding hydrogens is 290 g/mol. The summed E-state index contributed by atoms with van der Waals surface area (Å²) in [6.45, 7) is 8.64. The van der Waals surface area contributed by atoms with Crippen LogP contribution in [-0.2, 0) is 5.75 Å². The van der Waals surface area contributed by atoms with Crippen LogP contribution in [0.3, 0.4) is 0 Å². The fourth-order valence-corrected chi connectivity index (χ4v) is 3.15. The van der Waals surface area contributed by atoms with E-state index in [0.717, 1.165) is 21.8 Å². The third-order valence-corrected chi connectivity index (χ3v) is 4.27. The molecule has 5 heteroatoms. The van der Waals surface area contributed by atoms with Gasteiger partial charge in [0, 0.05) is 22.7 Å². The molecular formula is C15H20ClN3S. The maximum absolute atomic E-state index is 5.90. The van der Waals surface area contributed by atoms with E-state index < -0.39 is 0 Å². The van der Waals surface area contributed by atoms with Gasteiger partial charge in [0.25, 0.3) is 0 Å². The second-order valence-electron chi connectivity index (χ2n) is 5.37. The quantitative estimate of drug-likeness (QED) is 0.734. The highest BCUT2D eigenvalue weighted by molar-refractivity contribution is 7.98. The van der Waals surface area contributed by atoms with Crippen molar-refractivity contribution in [1.82, 2.24) is 14.8 Å². The molecule has 3 nitrogen and oxygen atoms in total. The van der Waals surface area contributed by atoms with Crippen molar-refractivity contribution in [3.63, 3.8) is 0 Å². The Balaban J connectivity index is 2.15.